The Hall–Kier alpha value is -2.37. The fourth-order valence-electron chi connectivity index (χ4n) is 2.69. The fourth-order valence-corrected chi connectivity index (χ4v) is 2.69. The Morgan fingerprint density at radius 3 is 1.77 bits per heavy atom. The first-order valence-electron chi connectivity index (χ1n) is 9.09. The third-order valence-electron chi connectivity index (χ3n) is 3.90. The van der Waals surface area contributed by atoms with Crippen LogP contribution >= 0.6 is 0 Å². The lowest BCUT2D eigenvalue weighted by Gasteiger charge is -2.18. The number of hydrogen-bond acceptors (Lipinski definition) is 6. The standard InChI is InChI=1S/C20H28O6/c1-4-24-18(21)16(15-11-8-7-9-12-15)13-10-14-17(19(22)25-5-2)20(23)26-6-3/h7-9,11-12,16-17H,4-6,10,13-14H2,1-3H3. The molecule has 0 aromatic heterocycles. The van der Waals surface area contributed by atoms with Gasteiger partial charge in [-0.15, -0.1) is 0 Å². The summed E-state index contributed by atoms with van der Waals surface area (Å²) in [5.74, 6) is -2.87. The zero-order chi connectivity index (χ0) is 19.4. The second kappa shape index (κ2) is 12.1. The van der Waals surface area contributed by atoms with E-state index in [1.165, 1.54) is 0 Å². The van der Waals surface area contributed by atoms with Crippen molar-refractivity contribution in [2.75, 3.05) is 19.8 Å². The molecule has 0 fully saturated rings. The van der Waals surface area contributed by atoms with Crippen LogP contribution in [0.1, 0.15) is 51.5 Å². The molecule has 1 atom stereocenters. The summed E-state index contributed by atoms with van der Waals surface area (Å²) in [5.41, 5.74) is 0.856. The molecule has 0 amide bonds. The zero-order valence-electron chi connectivity index (χ0n) is 15.7. The van der Waals surface area contributed by atoms with Gasteiger partial charge in [0.05, 0.1) is 25.7 Å². The van der Waals surface area contributed by atoms with Gasteiger partial charge in [0.25, 0.3) is 0 Å². The van der Waals surface area contributed by atoms with Gasteiger partial charge in [0.15, 0.2) is 5.92 Å². The van der Waals surface area contributed by atoms with Gasteiger partial charge in [0, 0.05) is 0 Å². The molecule has 144 valence electrons. The summed E-state index contributed by atoms with van der Waals surface area (Å²) in [6.45, 7) is 5.83. The van der Waals surface area contributed by atoms with E-state index >= 15 is 0 Å². The largest absolute Gasteiger partial charge is 0.466 e. The van der Waals surface area contributed by atoms with E-state index in [0.29, 0.717) is 19.4 Å². The van der Waals surface area contributed by atoms with E-state index in [9.17, 15) is 14.4 Å². The van der Waals surface area contributed by atoms with Crippen molar-refractivity contribution in [3.05, 3.63) is 35.9 Å². The van der Waals surface area contributed by atoms with E-state index < -0.39 is 23.8 Å². The van der Waals surface area contributed by atoms with Crippen LogP contribution in [0.4, 0.5) is 0 Å². The highest BCUT2D eigenvalue weighted by atomic mass is 16.6. The van der Waals surface area contributed by atoms with Gasteiger partial charge in [0.1, 0.15) is 0 Å². The summed E-state index contributed by atoms with van der Waals surface area (Å²) in [4.78, 5) is 36.3. The molecular formula is C20H28O6. The Bertz CT molecular complexity index is 551. The molecule has 6 nitrogen and oxygen atoms in total. The molecule has 0 spiro atoms. The quantitative estimate of drug-likeness (QED) is 0.341. The van der Waals surface area contributed by atoms with E-state index in [-0.39, 0.29) is 25.6 Å². The van der Waals surface area contributed by atoms with Crippen LogP contribution in [0.3, 0.4) is 0 Å². The monoisotopic (exact) mass is 364 g/mol. The third-order valence-corrected chi connectivity index (χ3v) is 3.90. The molecule has 1 aromatic rings. The van der Waals surface area contributed by atoms with Crippen LogP contribution in [-0.4, -0.2) is 37.7 Å². The van der Waals surface area contributed by atoms with Gasteiger partial charge in [-0.2, -0.15) is 0 Å². The number of rotatable bonds is 11. The summed E-state index contributed by atoms with van der Waals surface area (Å²) in [5, 5.41) is 0. The summed E-state index contributed by atoms with van der Waals surface area (Å²) in [6, 6.07) is 9.35. The first-order valence-corrected chi connectivity index (χ1v) is 9.09. The maximum Gasteiger partial charge on any atom is 0.320 e. The van der Waals surface area contributed by atoms with Crippen molar-refractivity contribution in [2.45, 2.75) is 46.0 Å². The number of ether oxygens (including phenoxy) is 3. The Morgan fingerprint density at radius 1 is 0.769 bits per heavy atom. The van der Waals surface area contributed by atoms with Gasteiger partial charge < -0.3 is 14.2 Å². The van der Waals surface area contributed by atoms with E-state index in [0.717, 1.165) is 5.56 Å². The Balaban J connectivity index is 2.77. The number of esters is 3. The van der Waals surface area contributed by atoms with E-state index in [1.54, 1.807) is 20.8 Å². The predicted octanol–water partition coefficient (Wildman–Crippen LogP) is 3.25. The Morgan fingerprint density at radius 2 is 1.27 bits per heavy atom. The van der Waals surface area contributed by atoms with Crippen LogP contribution in [-0.2, 0) is 28.6 Å². The molecule has 0 saturated heterocycles. The SMILES string of the molecule is CCOC(=O)C(CCCC(C(=O)OCC)c1ccccc1)C(=O)OCC. The summed E-state index contributed by atoms with van der Waals surface area (Å²) in [6.07, 6.45) is 1.22. The second-order valence-electron chi connectivity index (χ2n) is 5.70. The summed E-state index contributed by atoms with van der Waals surface area (Å²) < 4.78 is 15.1. The molecule has 0 heterocycles. The van der Waals surface area contributed by atoms with Crippen molar-refractivity contribution in [3.8, 4) is 0 Å². The highest BCUT2D eigenvalue weighted by Crippen LogP contribution is 2.25. The minimum absolute atomic E-state index is 0.199. The molecule has 0 N–H and O–H groups in total. The Kier molecular flexibility index (Phi) is 10.1. The topological polar surface area (TPSA) is 78.9 Å². The molecule has 0 saturated carbocycles. The Labute approximate surface area is 154 Å². The van der Waals surface area contributed by atoms with Crippen LogP contribution in [0.2, 0.25) is 0 Å². The third kappa shape index (κ3) is 6.86. The molecule has 0 aliphatic heterocycles. The van der Waals surface area contributed by atoms with Crippen molar-refractivity contribution >= 4 is 17.9 Å². The molecule has 6 heteroatoms. The maximum atomic E-state index is 12.3. The molecule has 26 heavy (non-hydrogen) atoms. The van der Waals surface area contributed by atoms with Gasteiger partial charge in [-0.1, -0.05) is 36.8 Å². The minimum atomic E-state index is -0.964. The molecule has 1 unspecified atom stereocenters. The van der Waals surface area contributed by atoms with Gasteiger partial charge >= 0.3 is 17.9 Å². The van der Waals surface area contributed by atoms with Crippen molar-refractivity contribution in [2.24, 2.45) is 5.92 Å². The van der Waals surface area contributed by atoms with Crippen LogP contribution in [0, 0.1) is 5.92 Å². The number of hydrogen-bond donors (Lipinski definition) is 0. The van der Waals surface area contributed by atoms with Gasteiger partial charge in [-0.05, 0) is 39.2 Å². The zero-order valence-corrected chi connectivity index (χ0v) is 15.7. The van der Waals surface area contributed by atoms with Gasteiger partial charge in [-0.25, -0.2) is 0 Å². The minimum Gasteiger partial charge on any atom is -0.466 e. The molecule has 0 aliphatic rings. The highest BCUT2D eigenvalue weighted by Gasteiger charge is 2.30. The smallest absolute Gasteiger partial charge is 0.320 e. The highest BCUT2D eigenvalue weighted by molar-refractivity contribution is 5.94. The number of benzene rings is 1. The average Bonchev–Trinajstić information content (AvgIpc) is 2.63. The van der Waals surface area contributed by atoms with Gasteiger partial charge in [-0.3, -0.25) is 14.4 Å². The van der Waals surface area contributed by atoms with Crippen molar-refractivity contribution in [1.82, 2.24) is 0 Å². The lowest BCUT2D eigenvalue weighted by atomic mass is 9.91. The molecule has 0 radical (unpaired) electrons. The van der Waals surface area contributed by atoms with Crippen molar-refractivity contribution in [3.63, 3.8) is 0 Å². The van der Waals surface area contributed by atoms with Gasteiger partial charge in [0.2, 0.25) is 0 Å². The van der Waals surface area contributed by atoms with E-state index in [4.69, 9.17) is 14.2 Å². The average molecular weight is 364 g/mol. The normalized spacial score (nSPS) is 11.7. The maximum absolute atomic E-state index is 12.3. The first kappa shape index (κ1) is 21.7. The molecule has 0 bridgehead atoms. The molecule has 1 aromatic carbocycles. The number of carbonyl (C=O) groups excluding carboxylic acids is 3. The van der Waals surface area contributed by atoms with Crippen LogP contribution < -0.4 is 0 Å². The lowest BCUT2D eigenvalue weighted by Crippen LogP contribution is -2.28. The summed E-state index contributed by atoms with van der Waals surface area (Å²) in [7, 11) is 0. The predicted molar refractivity (Wildman–Crippen MR) is 96.4 cm³/mol. The summed E-state index contributed by atoms with van der Waals surface area (Å²) >= 11 is 0. The molecule has 0 aliphatic carbocycles. The van der Waals surface area contributed by atoms with Crippen LogP contribution in [0.25, 0.3) is 0 Å². The van der Waals surface area contributed by atoms with Crippen molar-refractivity contribution < 1.29 is 28.6 Å². The fraction of sp³-hybridized carbons (Fsp3) is 0.550. The second-order valence-corrected chi connectivity index (χ2v) is 5.70. The van der Waals surface area contributed by atoms with E-state index in [2.05, 4.69) is 0 Å². The number of carbonyl (C=O) groups is 3. The van der Waals surface area contributed by atoms with Crippen LogP contribution in [0.5, 0.6) is 0 Å². The lowest BCUT2D eigenvalue weighted by molar-refractivity contribution is -0.161. The van der Waals surface area contributed by atoms with E-state index in [1.807, 2.05) is 30.3 Å². The van der Waals surface area contributed by atoms with Crippen LogP contribution in [0.15, 0.2) is 30.3 Å². The molecule has 1 rings (SSSR count). The molecular weight excluding hydrogens is 336 g/mol. The van der Waals surface area contributed by atoms with Crippen molar-refractivity contribution in [1.29, 1.82) is 0 Å². The first-order chi connectivity index (χ1) is 12.5.